The van der Waals surface area contributed by atoms with Crippen molar-refractivity contribution in [2.75, 3.05) is 0 Å². The average molecular weight is 292 g/mol. The van der Waals surface area contributed by atoms with Gasteiger partial charge in [0.25, 0.3) is 0 Å². The summed E-state index contributed by atoms with van der Waals surface area (Å²) in [5.41, 5.74) is 7.42. The van der Waals surface area contributed by atoms with E-state index < -0.39 is 0 Å². The second-order valence-electron chi connectivity index (χ2n) is 7.14. The Balaban J connectivity index is 1.81. The van der Waals surface area contributed by atoms with Gasteiger partial charge >= 0.3 is 0 Å². The Morgan fingerprint density at radius 1 is 1.05 bits per heavy atom. The van der Waals surface area contributed by atoms with Crippen LogP contribution in [0.4, 0.5) is 0 Å². The lowest BCUT2D eigenvalue weighted by Crippen LogP contribution is -2.04. The van der Waals surface area contributed by atoms with Crippen molar-refractivity contribution in [1.82, 2.24) is 0 Å². The molecule has 0 N–H and O–H groups in total. The largest absolute Gasteiger partial charge is 0.103 e. The molecule has 1 aromatic carbocycles. The van der Waals surface area contributed by atoms with E-state index in [2.05, 4.69) is 56.9 Å². The topological polar surface area (TPSA) is 0 Å². The van der Waals surface area contributed by atoms with E-state index in [1.54, 1.807) is 5.57 Å². The molecule has 1 aromatic rings. The Morgan fingerprint density at radius 2 is 1.82 bits per heavy atom. The molecule has 0 nitrogen and oxygen atoms in total. The molecule has 0 bridgehead atoms. The monoisotopic (exact) mass is 292 g/mol. The standard InChI is InChI=1S/C22H28/c1-4-18-7-11-19(12-8-18)21-13-14-22(17(3)15-21)20-9-5-16(2)6-10-20/h4,9,11,13-16,18H,1,5-8,10,12H2,2-3H3. The fraction of sp³-hybridized carbons (Fsp3) is 0.455. The molecule has 0 spiro atoms. The van der Waals surface area contributed by atoms with Crippen molar-refractivity contribution >= 4 is 11.1 Å². The summed E-state index contributed by atoms with van der Waals surface area (Å²) < 4.78 is 0. The number of hydrogen-bond donors (Lipinski definition) is 0. The molecule has 116 valence electrons. The van der Waals surface area contributed by atoms with E-state index in [-0.39, 0.29) is 0 Å². The zero-order valence-electron chi connectivity index (χ0n) is 14.1. The highest BCUT2D eigenvalue weighted by molar-refractivity contribution is 5.73. The minimum absolute atomic E-state index is 0.679. The smallest absolute Gasteiger partial charge is 0.0198 e. The van der Waals surface area contributed by atoms with E-state index in [1.165, 1.54) is 54.4 Å². The van der Waals surface area contributed by atoms with E-state index in [9.17, 15) is 0 Å². The van der Waals surface area contributed by atoms with Gasteiger partial charge in [-0.2, -0.15) is 0 Å². The van der Waals surface area contributed by atoms with E-state index in [0.29, 0.717) is 5.92 Å². The first-order chi connectivity index (χ1) is 10.7. The van der Waals surface area contributed by atoms with Crippen molar-refractivity contribution in [3.8, 4) is 0 Å². The Morgan fingerprint density at radius 3 is 2.41 bits per heavy atom. The third-order valence-corrected chi connectivity index (χ3v) is 5.40. The highest BCUT2D eigenvalue weighted by Gasteiger charge is 2.16. The lowest BCUT2D eigenvalue weighted by Gasteiger charge is -2.22. The lowest BCUT2D eigenvalue weighted by atomic mass is 9.83. The number of allylic oxidation sites excluding steroid dienone is 5. The predicted octanol–water partition coefficient (Wildman–Crippen LogP) is 6.57. The molecule has 22 heavy (non-hydrogen) atoms. The maximum absolute atomic E-state index is 3.93. The maximum atomic E-state index is 3.93. The zero-order valence-corrected chi connectivity index (χ0v) is 14.1. The summed E-state index contributed by atoms with van der Waals surface area (Å²) >= 11 is 0. The average Bonchev–Trinajstić information content (AvgIpc) is 2.56. The summed E-state index contributed by atoms with van der Waals surface area (Å²) in [6.07, 6.45) is 14.4. The highest BCUT2D eigenvalue weighted by atomic mass is 14.2. The highest BCUT2D eigenvalue weighted by Crippen LogP contribution is 2.35. The molecule has 0 aliphatic heterocycles. The molecular formula is C22H28. The molecule has 2 aliphatic rings. The number of aryl methyl sites for hydroxylation is 1. The summed E-state index contributed by atoms with van der Waals surface area (Å²) in [5, 5.41) is 0. The molecule has 2 atom stereocenters. The van der Waals surface area contributed by atoms with Crippen LogP contribution in [0.3, 0.4) is 0 Å². The Hall–Kier alpha value is -1.56. The molecule has 2 aliphatic carbocycles. The van der Waals surface area contributed by atoms with Crippen molar-refractivity contribution in [2.45, 2.75) is 52.4 Å². The fourth-order valence-electron chi connectivity index (χ4n) is 3.76. The number of benzene rings is 1. The molecule has 2 unspecified atom stereocenters. The van der Waals surface area contributed by atoms with Gasteiger partial charge in [-0.1, -0.05) is 43.4 Å². The van der Waals surface area contributed by atoms with Crippen LogP contribution in [-0.2, 0) is 0 Å². The molecular weight excluding hydrogens is 264 g/mol. The first-order valence-corrected chi connectivity index (χ1v) is 8.79. The minimum atomic E-state index is 0.679. The molecule has 3 rings (SSSR count). The Bertz CT molecular complexity index is 615. The van der Waals surface area contributed by atoms with Crippen LogP contribution < -0.4 is 0 Å². The van der Waals surface area contributed by atoms with Crippen molar-refractivity contribution in [3.05, 3.63) is 59.7 Å². The van der Waals surface area contributed by atoms with E-state index in [0.717, 1.165) is 12.3 Å². The van der Waals surface area contributed by atoms with Gasteiger partial charge in [-0.25, -0.2) is 0 Å². The first-order valence-electron chi connectivity index (χ1n) is 8.79. The van der Waals surface area contributed by atoms with Crippen LogP contribution in [0.1, 0.15) is 62.1 Å². The number of hydrogen-bond acceptors (Lipinski definition) is 0. The second-order valence-corrected chi connectivity index (χ2v) is 7.14. The van der Waals surface area contributed by atoms with Crippen LogP contribution in [-0.4, -0.2) is 0 Å². The van der Waals surface area contributed by atoms with Crippen LogP contribution in [0, 0.1) is 18.8 Å². The Kier molecular flexibility index (Phi) is 4.66. The fourth-order valence-corrected chi connectivity index (χ4v) is 3.76. The number of rotatable bonds is 3. The molecule has 0 radical (unpaired) electrons. The van der Waals surface area contributed by atoms with Gasteiger partial charge in [-0.05, 0) is 85.1 Å². The van der Waals surface area contributed by atoms with Crippen LogP contribution >= 0.6 is 0 Å². The van der Waals surface area contributed by atoms with Gasteiger partial charge in [0.2, 0.25) is 0 Å². The van der Waals surface area contributed by atoms with Crippen molar-refractivity contribution in [2.24, 2.45) is 11.8 Å². The van der Waals surface area contributed by atoms with Gasteiger partial charge < -0.3 is 0 Å². The van der Waals surface area contributed by atoms with E-state index >= 15 is 0 Å². The zero-order chi connectivity index (χ0) is 15.5. The summed E-state index contributed by atoms with van der Waals surface area (Å²) in [5.74, 6) is 1.53. The quantitative estimate of drug-likeness (QED) is 0.553. The van der Waals surface area contributed by atoms with Gasteiger partial charge in [-0.15, -0.1) is 6.58 Å². The third-order valence-electron chi connectivity index (χ3n) is 5.40. The van der Waals surface area contributed by atoms with E-state index in [1.807, 2.05) is 0 Å². The normalized spacial score (nSPS) is 25.4. The van der Waals surface area contributed by atoms with Gasteiger partial charge in [0.15, 0.2) is 0 Å². The molecule has 0 heteroatoms. The van der Waals surface area contributed by atoms with Crippen molar-refractivity contribution in [3.63, 3.8) is 0 Å². The van der Waals surface area contributed by atoms with Crippen LogP contribution in [0.5, 0.6) is 0 Å². The SMILES string of the molecule is C=CC1CC=C(c2ccc(C3=CCC(C)CC3)c(C)c2)CC1. The molecule has 0 heterocycles. The van der Waals surface area contributed by atoms with Crippen molar-refractivity contribution in [1.29, 1.82) is 0 Å². The minimum Gasteiger partial charge on any atom is -0.103 e. The van der Waals surface area contributed by atoms with Crippen LogP contribution in [0.15, 0.2) is 43.0 Å². The Labute approximate surface area is 135 Å². The predicted molar refractivity (Wildman–Crippen MR) is 97.7 cm³/mol. The lowest BCUT2D eigenvalue weighted by molar-refractivity contribution is 0.534. The van der Waals surface area contributed by atoms with Gasteiger partial charge in [0.1, 0.15) is 0 Å². The van der Waals surface area contributed by atoms with Crippen molar-refractivity contribution < 1.29 is 0 Å². The van der Waals surface area contributed by atoms with Gasteiger partial charge in [0, 0.05) is 0 Å². The molecule has 0 aromatic heterocycles. The molecule has 0 saturated heterocycles. The molecule has 0 fully saturated rings. The summed E-state index contributed by atoms with van der Waals surface area (Å²) in [4.78, 5) is 0. The summed E-state index contributed by atoms with van der Waals surface area (Å²) in [7, 11) is 0. The molecule has 0 saturated carbocycles. The van der Waals surface area contributed by atoms with Crippen LogP contribution in [0.2, 0.25) is 0 Å². The van der Waals surface area contributed by atoms with Gasteiger partial charge in [-0.3, -0.25) is 0 Å². The third kappa shape index (κ3) is 3.27. The summed E-state index contributed by atoms with van der Waals surface area (Å²) in [6.45, 7) is 8.56. The molecule has 0 amide bonds. The van der Waals surface area contributed by atoms with E-state index in [4.69, 9.17) is 0 Å². The summed E-state index contributed by atoms with van der Waals surface area (Å²) in [6, 6.07) is 7.09. The van der Waals surface area contributed by atoms with Gasteiger partial charge in [0.05, 0.1) is 0 Å². The van der Waals surface area contributed by atoms with Crippen LogP contribution in [0.25, 0.3) is 11.1 Å². The second kappa shape index (κ2) is 6.69. The maximum Gasteiger partial charge on any atom is -0.0198 e. The first kappa shape index (κ1) is 15.3.